The highest BCUT2D eigenvalue weighted by Crippen LogP contribution is 2.46. The summed E-state index contributed by atoms with van der Waals surface area (Å²) in [6, 6.07) is 6.09. The third kappa shape index (κ3) is 2.72. The van der Waals surface area contributed by atoms with Gasteiger partial charge in [0.25, 0.3) is 0 Å². The van der Waals surface area contributed by atoms with Gasteiger partial charge in [-0.05, 0) is 42.9 Å². The first kappa shape index (κ1) is 14.6. The Bertz CT molecular complexity index is 699. The lowest BCUT2D eigenvalue weighted by molar-refractivity contribution is -0.114. The Morgan fingerprint density at radius 2 is 2.19 bits per heavy atom. The second kappa shape index (κ2) is 5.81. The van der Waals surface area contributed by atoms with Crippen LogP contribution < -0.4 is 5.73 Å². The lowest BCUT2D eigenvalue weighted by Gasteiger charge is -2.28. The molecule has 1 fully saturated rings. The monoisotopic (exact) mass is 318 g/mol. The molecule has 1 aromatic carbocycles. The zero-order valence-corrected chi connectivity index (χ0v) is 13.6. The smallest absolute Gasteiger partial charge is 0.246 e. The molecular weight excluding hydrogens is 300 g/mol. The summed E-state index contributed by atoms with van der Waals surface area (Å²) in [5, 5.41) is 0. The summed E-state index contributed by atoms with van der Waals surface area (Å²) in [4.78, 5) is 16.3. The van der Waals surface area contributed by atoms with Crippen molar-refractivity contribution in [2.45, 2.75) is 30.4 Å². The van der Waals surface area contributed by atoms with E-state index >= 15 is 0 Å². The number of nitrogens with zero attached hydrogens (tertiary/aromatic N) is 1. The molecular formula is C16H18N2OS2. The van der Waals surface area contributed by atoms with Crippen LogP contribution >= 0.6 is 23.1 Å². The van der Waals surface area contributed by atoms with Crippen molar-refractivity contribution in [3.05, 3.63) is 34.8 Å². The van der Waals surface area contributed by atoms with E-state index in [2.05, 4.69) is 17.3 Å². The van der Waals surface area contributed by atoms with Crippen LogP contribution in [-0.2, 0) is 4.79 Å². The molecule has 1 aromatic heterocycles. The molecule has 21 heavy (non-hydrogen) atoms. The van der Waals surface area contributed by atoms with Gasteiger partial charge < -0.3 is 5.73 Å². The predicted molar refractivity (Wildman–Crippen MR) is 91.5 cm³/mol. The SMILES string of the molecule is CSC1(/C(=C\c2ccc3ncsc3c2)C(N)=O)CCCC1. The Balaban J connectivity index is 2.05. The first-order valence-corrected chi connectivity index (χ1v) is 9.15. The average molecular weight is 318 g/mol. The zero-order chi connectivity index (χ0) is 14.9. The van der Waals surface area contributed by atoms with Gasteiger partial charge in [0, 0.05) is 10.3 Å². The molecule has 110 valence electrons. The molecule has 0 saturated heterocycles. The fraction of sp³-hybridized carbons (Fsp3) is 0.375. The molecule has 0 radical (unpaired) electrons. The minimum absolute atomic E-state index is 0.103. The molecule has 0 aliphatic heterocycles. The number of benzene rings is 1. The van der Waals surface area contributed by atoms with Gasteiger partial charge in [0.2, 0.25) is 5.91 Å². The van der Waals surface area contributed by atoms with E-state index in [1.807, 2.05) is 23.7 Å². The van der Waals surface area contributed by atoms with Gasteiger partial charge in [-0.25, -0.2) is 4.98 Å². The van der Waals surface area contributed by atoms with Crippen molar-refractivity contribution in [3.8, 4) is 0 Å². The Morgan fingerprint density at radius 3 is 2.86 bits per heavy atom. The van der Waals surface area contributed by atoms with Crippen LogP contribution in [0.4, 0.5) is 0 Å². The molecule has 1 heterocycles. The van der Waals surface area contributed by atoms with Crippen molar-refractivity contribution >= 4 is 45.3 Å². The molecule has 1 amide bonds. The first-order chi connectivity index (χ1) is 10.1. The second-order valence-electron chi connectivity index (χ2n) is 5.41. The summed E-state index contributed by atoms with van der Waals surface area (Å²) in [5.41, 5.74) is 10.3. The van der Waals surface area contributed by atoms with E-state index in [1.165, 1.54) is 12.8 Å². The molecule has 5 heteroatoms. The maximum Gasteiger partial charge on any atom is 0.246 e. The molecule has 1 saturated carbocycles. The molecule has 1 aliphatic rings. The Morgan fingerprint density at radius 1 is 1.43 bits per heavy atom. The second-order valence-corrected chi connectivity index (χ2v) is 7.48. The predicted octanol–water partition coefficient (Wildman–Crippen LogP) is 3.84. The van der Waals surface area contributed by atoms with Gasteiger partial charge in [-0.2, -0.15) is 11.8 Å². The van der Waals surface area contributed by atoms with Gasteiger partial charge in [-0.1, -0.05) is 18.9 Å². The summed E-state index contributed by atoms with van der Waals surface area (Å²) in [5.74, 6) is -0.296. The molecule has 0 bridgehead atoms. The number of fused-ring (bicyclic) bond motifs is 1. The number of thiazole rings is 1. The summed E-state index contributed by atoms with van der Waals surface area (Å²) < 4.78 is 1.03. The van der Waals surface area contributed by atoms with E-state index in [0.717, 1.165) is 34.2 Å². The van der Waals surface area contributed by atoms with E-state index in [-0.39, 0.29) is 10.7 Å². The van der Waals surface area contributed by atoms with Crippen LogP contribution in [0.25, 0.3) is 16.3 Å². The lowest BCUT2D eigenvalue weighted by Crippen LogP contribution is -2.32. The average Bonchev–Trinajstić information content (AvgIpc) is 3.13. The number of carbonyl (C=O) groups is 1. The highest BCUT2D eigenvalue weighted by atomic mass is 32.2. The number of amides is 1. The van der Waals surface area contributed by atoms with Crippen LogP contribution in [0.15, 0.2) is 29.3 Å². The minimum Gasteiger partial charge on any atom is -0.366 e. The summed E-state index contributed by atoms with van der Waals surface area (Å²) in [6.07, 6.45) is 8.45. The van der Waals surface area contributed by atoms with E-state index in [9.17, 15) is 4.79 Å². The summed E-state index contributed by atoms with van der Waals surface area (Å²) in [6.45, 7) is 0. The van der Waals surface area contributed by atoms with Gasteiger partial charge in [-0.3, -0.25) is 4.79 Å². The fourth-order valence-corrected chi connectivity index (χ4v) is 4.89. The highest BCUT2D eigenvalue weighted by molar-refractivity contribution is 8.00. The van der Waals surface area contributed by atoms with E-state index in [0.29, 0.717) is 0 Å². The van der Waals surface area contributed by atoms with E-state index < -0.39 is 0 Å². The number of aromatic nitrogens is 1. The van der Waals surface area contributed by atoms with Gasteiger partial charge >= 0.3 is 0 Å². The number of hydrogen-bond donors (Lipinski definition) is 1. The van der Waals surface area contributed by atoms with E-state index in [4.69, 9.17) is 5.73 Å². The van der Waals surface area contributed by atoms with Crippen molar-refractivity contribution in [1.82, 2.24) is 4.98 Å². The molecule has 3 rings (SSSR count). The standard InChI is InChI=1S/C16H18N2OS2/c1-20-16(6-2-3-7-16)12(15(17)19)8-11-4-5-13-14(9-11)21-10-18-13/h4-5,8-10H,2-3,6-7H2,1H3,(H2,17,19)/b12-8-. The Kier molecular flexibility index (Phi) is 4.04. The molecule has 0 unspecified atom stereocenters. The molecule has 1 aliphatic carbocycles. The van der Waals surface area contributed by atoms with Crippen molar-refractivity contribution in [2.75, 3.05) is 6.26 Å². The van der Waals surface area contributed by atoms with Crippen molar-refractivity contribution in [2.24, 2.45) is 5.73 Å². The number of rotatable bonds is 4. The Labute approximate surface area is 132 Å². The molecule has 3 nitrogen and oxygen atoms in total. The number of nitrogens with two attached hydrogens (primary N) is 1. The van der Waals surface area contributed by atoms with Crippen molar-refractivity contribution in [1.29, 1.82) is 0 Å². The summed E-state index contributed by atoms with van der Waals surface area (Å²) >= 11 is 3.37. The number of thioether (sulfide) groups is 1. The van der Waals surface area contributed by atoms with Gasteiger partial charge in [-0.15, -0.1) is 11.3 Å². The van der Waals surface area contributed by atoms with Crippen LogP contribution in [-0.4, -0.2) is 21.9 Å². The number of hydrogen-bond acceptors (Lipinski definition) is 4. The topological polar surface area (TPSA) is 56.0 Å². The quantitative estimate of drug-likeness (QED) is 0.871. The van der Waals surface area contributed by atoms with Crippen molar-refractivity contribution < 1.29 is 4.79 Å². The van der Waals surface area contributed by atoms with Crippen LogP contribution in [0.1, 0.15) is 31.2 Å². The minimum atomic E-state index is -0.296. The van der Waals surface area contributed by atoms with E-state index in [1.54, 1.807) is 23.1 Å². The van der Waals surface area contributed by atoms with Gasteiger partial charge in [0.15, 0.2) is 0 Å². The molecule has 0 atom stereocenters. The molecule has 2 aromatic rings. The molecule has 2 N–H and O–H groups in total. The first-order valence-electron chi connectivity index (χ1n) is 7.05. The Hall–Kier alpha value is -1.33. The third-order valence-corrected chi connectivity index (χ3v) is 6.43. The lowest BCUT2D eigenvalue weighted by atomic mass is 9.93. The van der Waals surface area contributed by atoms with Crippen LogP contribution in [0, 0.1) is 0 Å². The maximum absolute atomic E-state index is 12.0. The highest BCUT2D eigenvalue weighted by Gasteiger charge is 2.39. The number of primary amides is 1. The summed E-state index contributed by atoms with van der Waals surface area (Å²) in [7, 11) is 0. The fourth-order valence-electron chi connectivity index (χ4n) is 3.08. The number of carbonyl (C=O) groups excluding carboxylic acids is 1. The van der Waals surface area contributed by atoms with Gasteiger partial charge in [0.1, 0.15) is 0 Å². The van der Waals surface area contributed by atoms with Crippen LogP contribution in [0.2, 0.25) is 0 Å². The van der Waals surface area contributed by atoms with Gasteiger partial charge in [0.05, 0.1) is 15.7 Å². The molecule has 0 spiro atoms. The largest absolute Gasteiger partial charge is 0.366 e. The van der Waals surface area contributed by atoms with Crippen LogP contribution in [0.3, 0.4) is 0 Å². The third-order valence-electron chi connectivity index (χ3n) is 4.22. The zero-order valence-electron chi connectivity index (χ0n) is 12.0. The van der Waals surface area contributed by atoms with Crippen LogP contribution in [0.5, 0.6) is 0 Å². The maximum atomic E-state index is 12.0. The van der Waals surface area contributed by atoms with Crippen molar-refractivity contribution in [3.63, 3.8) is 0 Å². The normalized spacial score (nSPS) is 18.2.